The molecule has 2 N–H and O–H groups in total. The lowest BCUT2D eigenvalue weighted by Crippen LogP contribution is -2.22. The second-order valence-corrected chi connectivity index (χ2v) is 5.96. The number of aromatic carboxylic acids is 1. The number of carboxylic acid groups (broad SMARTS) is 1. The highest BCUT2D eigenvalue weighted by Crippen LogP contribution is 2.30. The molecule has 3 rings (SSSR count). The number of hydrogen-bond acceptors (Lipinski definition) is 3. The molecule has 0 fully saturated rings. The van der Waals surface area contributed by atoms with Gasteiger partial charge in [-0.25, -0.2) is 4.79 Å². The van der Waals surface area contributed by atoms with Gasteiger partial charge in [0.1, 0.15) is 5.75 Å². The van der Waals surface area contributed by atoms with E-state index in [1.54, 1.807) is 0 Å². The average molecular weight is 361 g/mol. The van der Waals surface area contributed by atoms with E-state index < -0.39 is 11.9 Å². The topological polar surface area (TPSA) is 75.6 Å². The Kier molecular flexibility index (Phi) is 5.52. The fourth-order valence-electron chi connectivity index (χ4n) is 2.93. The molecule has 27 heavy (non-hydrogen) atoms. The lowest BCUT2D eigenvalue weighted by atomic mass is 9.90. The van der Waals surface area contributed by atoms with Crippen LogP contribution in [0.4, 0.5) is 5.69 Å². The Morgan fingerprint density at radius 1 is 0.889 bits per heavy atom. The highest BCUT2D eigenvalue weighted by molar-refractivity contribution is 6.00. The van der Waals surface area contributed by atoms with Crippen molar-refractivity contribution in [3.63, 3.8) is 0 Å². The van der Waals surface area contributed by atoms with Crippen LogP contribution >= 0.6 is 0 Å². The van der Waals surface area contributed by atoms with E-state index in [-0.39, 0.29) is 11.5 Å². The number of benzene rings is 3. The Morgan fingerprint density at radius 2 is 1.44 bits per heavy atom. The molecule has 0 atom stereocenters. The van der Waals surface area contributed by atoms with Crippen molar-refractivity contribution < 1.29 is 19.4 Å². The predicted octanol–water partition coefficient (Wildman–Crippen LogP) is 4.16. The van der Waals surface area contributed by atoms with Gasteiger partial charge in [0.05, 0.1) is 24.3 Å². The van der Waals surface area contributed by atoms with Gasteiger partial charge in [-0.3, -0.25) is 4.79 Å². The maximum absolute atomic E-state index is 13.1. The molecule has 5 nitrogen and oxygen atoms in total. The van der Waals surface area contributed by atoms with Crippen LogP contribution in [0.2, 0.25) is 0 Å². The first-order chi connectivity index (χ1) is 13.1. The Balaban J connectivity index is 1.99. The van der Waals surface area contributed by atoms with E-state index >= 15 is 0 Å². The first-order valence-electron chi connectivity index (χ1n) is 8.42. The van der Waals surface area contributed by atoms with Gasteiger partial charge in [-0.2, -0.15) is 0 Å². The molecule has 0 saturated carbocycles. The third-order valence-electron chi connectivity index (χ3n) is 4.23. The van der Waals surface area contributed by atoms with E-state index in [9.17, 15) is 14.7 Å². The lowest BCUT2D eigenvalue weighted by molar-refractivity contribution is -0.116. The number of hydrogen-bond donors (Lipinski definition) is 2. The van der Waals surface area contributed by atoms with Gasteiger partial charge >= 0.3 is 5.97 Å². The second kappa shape index (κ2) is 8.19. The molecule has 136 valence electrons. The molecule has 0 heterocycles. The Morgan fingerprint density at radius 3 is 1.93 bits per heavy atom. The quantitative estimate of drug-likeness (QED) is 0.691. The molecule has 0 aromatic heterocycles. The number of carbonyl (C=O) groups is 2. The van der Waals surface area contributed by atoms with Crippen LogP contribution in [0.3, 0.4) is 0 Å². The molecular formula is C22H19NO4. The smallest absolute Gasteiger partial charge is 0.335 e. The van der Waals surface area contributed by atoms with Crippen molar-refractivity contribution in [3.05, 3.63) is 95.6 Å². The maximum atomic E-state index is 13.1. The Labute approximate surface area is 157 Å². The number of ether oxygens (including phenoxy) is 1. The summed E-state index contributed by atoms with van der Waals surface area (Å²) < 4.78 is 5.26. The van der Waals surface area contributed by atoms with Crippen LogP contribution in [-0.2, 0) is 4.79 Å². The summed E-state index contributed by atoms with van der Waals surface area (Å²) in [5.41, 5.74) is 2.07. The lowest BCUT2D eigenvalue weighted by Gasteiger charge is -2.19. The zero-order chi connectivity index (χ0) is 19.2. The number of carboxylic acids is 1. The van der Waals surface area contributed by atoms with Crippen LogP contribution in [0.15, 0.2) is 78.9 Å². The van der Waals surface area contributed by atoms with Crippen molar-refractivity contribution in [2.45, 2.75) is 5.92 Å². The largest absolute Gasteiger partial charge is 0.495 e. The van der Waals surface area contributed by atoms with Crippen LogP contribution in [0.1, 0.15) is 27.4 Å². The van der Waals surface area contributed by atoms with Gasteiger partial charge in [0, 0.05) is 0 Å². The standard InChI is InChI=1S/C22H19NO4/c1-27-19-13-12-17(22(25)26)14-18(19)23-21(24)20(15-8-4-2-5-9-15)16-10-6-3-7-11-16/h2-14,20H,1H3,(H,23,24)(H,25,26). The summed E-state index contributed by atoms with van der Waals surface area (Å²) in [6, 6.07) is 23.2. The molecule has 0 aliphatic heterocycles. The van der Waals surface area contributed by atoms with Gasteiger partial charge in [-0.05, 0) is 29.3 Å². The first kappa shape index (κ1) is 18.2. The molecule has 0 bridgehead atoms. The van der Waals surface area contributed by atoms with Gasteiger partial charge in [-0.1, -0.05) is 60.7 Å². The zero-order valence-electron chi connectivity index (χ0n) is 14.8. The molecule has 1 amide bonds. The highest BCUT2D eigenvalue weighted by Gasteiger charge is 2.24. The molecule has 3 aromatic carbocycles. The van der Waals surface area contributed by atoms with Crippen LogP contribution in [0.5, 0.6) is 5.75 Å². The number of carbonyl (C=O) groups excluding carboxylic acids is 1. The molecule has 0 aliphatic carbocycles. The van der Waals surface area contributed by atoms with Crippen molar-refractivity contribution in [2.75, 3.05) is 12.4 Å². The van der Waals surface area contributed by atoms with Crippen molar-refractivity contribution in [1.82, 2.24) is 0 Å². The van der Waals surface area contributed by atoms with Gasteiger partial charge in [0.2, 0.25) is 5.91 Å². The number of methoxy groups -OCH3 is 1. The van der Waals surface area contributed by atoms with Crippen molar-refractivity contribution in [1.29, 1.82) is 0 Å². The molecule has 0 spiro atoms. The molecule has 3 aromatic rings. The minimum absolute atomic E-state index is 0.0714. The van der Waals surface area contributed by atoms with Crippen LogP contribution < -0.4 is 10.1 Å². The summed E-state index contributed by atoms with van der Waals surface area (Å²) in [7, 11) is 1.47. The molecule has 0 radical (unpaired) electrons. The Hall–Kier alpha value is -3.60. The third-order valence-corrected chi connectivity index (χ3v) is 4.23. The summed E-state index contributed by atoms with van der Waals surface area (Å²) in [6.07, 6.45) is 0. The highest BCUT2D eigenvalue weighted by atomic mass is 16.5. The number of anilines is 1. The minimum atomic E-state index is -1.07. The molecule has 0 saturated heterocycles. The van der Waals surface area contributed by atoms with E-state index in [0.717, 1.165) is 11.1 Å². The monoisotopic (exact) mass is 361 g/mol. The third kappa shape index (κ3) is 4.15. The summed E-state index contributed by atoms with van der Waals surface area (Å²) in [4.78, 5) is 24.4. The van der Waals surface area contributed by atoms with E-state index in [2.05, 4.69) is 5.32 Å². The predicted molar refractivity (Wildman–Crippen MR) is 103 cm³/mol. The van der Waals surface area contributed by atoms with Crippen molar-refractivity contribution in [2.24, 2.45) is 0 Å². The van der Waals surface area contributed by atoms with Crippen LogP contribution in [-0.4, -0.2) is 24.1 Å². The molecular weight excluding hydrogens is 342 g/mol. The summed E-state index contributed by atoms with van der Waals surface area (Å²) in [5.74, 6) is -1.48. The number of amides is 1. The number of rotatable bonds is 6. The van der Waals surface area contributed by atoms with E-state index in [1.165, 1.54) is 25.3 Å². The van der Waals surface area contributed by atoms with Gasteiger partial charge in [0.25, 0.3) is 0 Å². The number of nitrogens with one attached hydrogen (secondary N) is 1. The van der Waals surface area contributed by atoms with Gasteiger partial charge in [-0.15, -0.1) is 0 Å². The van der Waals surface area contributed by atoms with Crippen molar-refractivity contribution >= 4 is 17.6 Å². The summed E-state index contributed by atoms with van der Waals surface area (Å²) in [6.45, 7) is 0. The summed E-state index contributed by atoms with van der Waals surface area (Å²) >= 11 is 0. The average Bonchev–Trinajstić information content (AvgIpc) is 2.69. The minimum Gasteiger partial charge on any atom is -0.495 e. The summed E-state index contributed by atoms with van der Waals surface area (Å²) in [5, 5.41) is 12.0. The van der Waals surface area contributed by atoms with Crippen molar-refractivity contribution in [3.8, 4) is 5.75 Å². The fraction of sp³-hybridized carbons (Fsp3) is 0.0909. The van der Waals surface area contributed by atoms with Crippen LogP contribution in [0.25, 0.3) is 0 Å². The molecule has 0 unspecified atom stereocenters. The second-order valence-electron chi connectivity index (χ2n) is 5.96. The van der Waals surface area contributed by atoms with Crippen LogP contribution in [0, 0.1) is 0 Å². The molecule has 5 heteroatoms. The first-order valence-corrected chi connectivity index (χ1v) is 8.42. The molecule has 0 aliphatic rings. The SMILES string of the molecule is COc1ccc(C(=O)O)cc1NC(=O)C(c1ccccc1)c1ccccc1. The fourth-order valence-corrected chi connectivity index (χ4v) is 2.93. The van der Waals surface area contributed by atoms with E-state index in [1.807, 2.05) is 60.7 Å². The zero-order valence-corrected chi connectivity index (χ0v) is 14.8. The Bertz CT molecular complexity index is 900. The van der Waals surface area contributed by atoms with Gasteiger partial charge in [0.15, 0.2) is 0 Å². The maximum Gasteiger partial charge on any atom is 0.335 e. The van der Waals surface area contributed by atoms with Gasteiger partial charge < -0.3 is 15.2 Å². The van der Waals surface area contributed by atoms with E-state index in [4.69, 9.17) is 4.74 Å². The normalized spacial score (nSPS) is 10.4. The van der Waals surface area contributed by atoms with E-state index in [0.29, 0.717) is 11.4 Å².